The maximum atomic E-state index is 11.1. The number of hydrogen-bond donors (Lipinski definition) is 3. The van der Waals surface area contributed by atoms with Crippen LogP contribution in [0.15, 0.2) is 22.6 Å². The van der Waals surface area contributed by atoms with Gasteiger partial charge in [-0.25, -0.2) is 4.79 Å². The number of hydrogen-bond acceptors (Lipinski definition) is 4. The molecule has 6 heteroatoms. The minimum atomic E-state index is -1.10. The maximum Gasteiger partial charge on any atom is 0.335 e. The molecule has 0 aliphatic carbocycles. The molecule has 16 heavy (non-hydrogen) atoms. The van der Waals surface area contributed by atoms with Gasteiger partial charge in [0.2, 0.25) is 5.88 Å². The van der Waals surface area contributed by atoms with Crippen LogP contribution in [0.2, 0.25) is 0 Å². The first-order valence-electron chi connectivity index (χ1n) is 4.36. The monoisotopic (exact) mass is 220 g/mol. The smallest absolute Gasteiger partial charge is 0.335 e. The van der Waals surface area contributed by atoms with Crippen molar-refractivity contribution in [3.8, 4) is 0 Å². The number of rotatable bonds is 2. The summed E-state index contributed by atoms with van der Waals surface area (Å²) in [6.45, 7) is 0. The number of amides is 1. The van der Waals surface area contributed by atoms with Crippen LogP contribution >= 0.6 is 0 Å². The summed E-state index contributed by atoms with van der Waals surface area (Å²) in [4.78, 5) is 21.9. The second-order valence-corrected chi connectivity index (χ2v) is 3.22. The lowest BCUT2D eigenvalue weighted by atomic mass is 10.1. The maximum absolute atomic E-state index is 11.1. The molecule has 1 heterocycles. The fraction of sp³-hybridized carbons (Fsp3) is 0. The summed E-state index contributed by atoms with van der Waals surface area (Å²) >= 11 is 0. The molecule has 1 aromatic carbocycles. The summed E-state index contributed by atoms with van der Waals surface area (Å²) < 4.78 is 5.08. The van der Waals surface area contributed by atoms with Gasteiger partial charge in [0, 0.05) is 5.39 Å². The molecule has 0 bridgehead atoms. The van der Waals surface area contributed by atoms with Crippen LogP contribution in [0.3, 0.4) is 0 Å². The van der Waals surface area contributed by atoms with Crippen molar-refractivity contribution in [2.75, 3.05) is 5.73 Å². The van der Waals surface area contributed by atoms with E-state index in [0.717, 1.165) is 0 Å². The number of carbonyl (C=O) groups excluding carboxylic acids is 1. The van der Waals surface area contributed by atoms with Crippen LogP contribution in [0, 0.1) is 0 Å². The molecule has 0 unspecified atom stereocenters. The summed E-state index contributed by atoms with van der Waals surface area (Å²) in [5.41, 5.74) is 11.0. The zero-order chi connectivity index (χ0) is 11.9. The Morgan fingerprint density at radius 2 is 2.00 bits per heavy atom. The van der Waals surface area contributed by atoms with Crippen LogP contribution in [-0.2, 0) is 0 Å². The zero-order valence-electron chi connectivity index (χ0n) is 8.06. The van der Waals surface area contributed by atoms with Crippen LogP contribution in [0.5, 0.6) is 0 Å². The predicted molar refractivity (Wildman–Crippen MR) is 56.1 cm³/mol. The molecule has 0 spiro atoms. The van der Waals surface area contributed by atoms with Gasteiger partial charge in [-0.05, 0) is 18.2 Å². The van der Waals surface area contributed by atoms with Gasteiger partial charge in [0.1, 0.15) is 11.1 Å². The molecule has 0 aliphatic rings. The van der Waals surface area contributed by atoms with Crippen molar-refractivity contribution in [3.05, 3.63) is 29.3 Å². The molecule has 0 radical (unpaired) electrons. The van der Waals surface area contributed by atoms with E-state index in [4.69, 9.17) is 21.0 Å². The number of primary amides is 1. The largest absolute Gasteiger partial charge is 0.478 e. The Morgan fingerprint density at radius 1 is 1.31 bits per heavy atom. The quantitative estimate of drug-likeness (QED) is 0.691. The van der Waals surface area contributed by atoms with Gasteiger partial charge < -0.3 is 21.0 Å². The first-order valence-corrected chi connectivity index (χ1v) is 4.36. The number of fused-ring (bicyclic) bond motifs is 1. The van der Waals surface area contributed by atoms with Crippen molar-refractivity contribution >= 4 is 28.7 Å². The second-order valence-electron chi connectivity index (χ2n) is 3.22. The standard InChI is InChI=1S/C10H8N2O4/c11-8(13)7-5-3-4(10(14)15)1-2-6(5)16-9(7)12/h1-3H,12H2,(H2,11,13)(H,14,15). The van der Waals surface area contributed by atoms with Crippen molar-refractivity contribution in [1.82, 2.24) is 0 Å². The van der Waals surface area contributed by atoms with E-state index in [0.29, 0.717) is 11.0 Å². The average Bonchev–Trinajstić information content (AvgIpc) is 2.51. The Kier molecular flexibility index (Phi) is 2.05. The number of furan rings is 1. The van der Waals surface area contributed by atoms with Crippen LogP contribution in [-0.4, -0.2) is 17.0 Å². The van der Waals surface area contributed by atoms with Crippen LogP contribution in [0.25, 0.3) is 11.0 Å². The third-order valence-corrected chi connectivity index (χ3v) is 2.21. The van der Waals surface area contributed by atoms with E-state index in [1.165, 1.54) is 18.2 Å². The summed E-state index contributed by atoms with van der Waals surface area (Å²) in [5, 5.41) is 9.11. The van der Waals surface area contributed by atoms with Gasteiger partial charge in [0.15, 0.2) is 0 Å². The molecule has 82 valence electrons. The van der Waals surface area contributed by atoms with Gasteiger partial charge in [-0.2, -0.15) is 0 Å². The molecule has 2 rings (SSSR count). The third-order valence-electron chi connectivity index (χ3n) is 2.21. The van der Waals surface area contributed by atoms with Crippen molar-refractivity contribution in [3.63, 3.8) is 0 Å². The number of nitrogens with two attached hydrogens (primary N) is 2. The van der Waals surface area contributed by atoms with Crippen LogP contribution in [0.1, 0.15) is 20.7 Å². The number of nitrogen functional groups attached to an aromatic ring is 1. The lowest BCUT2D eigenvalue weighted by Gasteiger charge is -1.95. The Balaban J connectivity index is 2.79. The van der Waals surface area contributed by atoms with E-state index in [2.05, 4.69) is 0 Å². The number of carboxylic acid groups (broad SMARTS) is 1. The Hall–Kier alpha value is -2.50. The molecule has 6 nitrogen and oxygen atoms in total. The fourth-order valence-corrected chi connectivity index (χ4v) is 1.50. The molecule has 0 fully saturated rings. The Bertz CT molecular complexity index is 600. The van der Waals surface area contributed by atoms with E-state index < -0.39 is 11.9 Å². The minimum absolute atomic E-state index is 0.0121. The second kappa shape index (κ2) is 3.27. The van der Waals surface area contributed by atoms with E-state index in [1.54, 1.807) is 0 Å². The van der Waals surface area contributed by atoms with Crippen LogP contribution < -0.4 is 11.5 Å². The molecule has 0 aliphatic heterocycles. The van der Waals surface area contributed by atoms with Crippen molar-refractivity contribution in [2.24, 2.45) is 5.73 Å². The lowest BCUT2D eigenvalue weighted by Crippen LogP contribution is -2.12. The number of carbonyl (C=O) groups is 2. The summed E-state index contributed by atoms with van der Waals surface area (Å²) in [5.74, 6) is -1.96. The zero-order valence-corrected chi connectivity index (χ0v) is 8.06. The molecule has 1 amide bonds. The van der Waals surface area contributed by atoms with Gasteiger partial charge in [-0.15, -0.1) is 0 Å². The molecule has 0 saturated carbocycles. The number of carboxylic acids is 1. The highest BCUT2D eigenvalue weighted by Crippen LogP contribution is 2.28. The SMILES string of the molecule is NC(=O)c1c(N)oc2ccc(C(=O)O)cc12. The van der Waals surface area contributed by atoms with Gasteiger partial charge >= 0.3 is 5.97 Å². The van der Waals surface area contributed by atoms with Crippen molar-refractivity contribution in [1.29, 1.82) is 0 Å². The highest BCUT2D eigenvalue weighted by molar-refractivity contribution is 6.10. The fourth-order valence-electron chi connectivity index (χ4n) is 1.50. The van der Waals surface area contributed by atoms with Gasteiger partial charge in [0.25, 0.3) is 5.91 Å². The molecule has 0 saturated heterocycles. The topological polar surface area (TPSA) is 120 Å². The average molecular weight is 220 g/mol. The molecular formula is C10H8N2O4. The summed E-state index contributed by atoms with van der Waals surface area (Å²) in [6.07, 6.45) is 0. The third kappa shape index (κ3) is 1.36. The number of aromatic carboxylic acids is 1. The first-order chi connectivity index (χ1) is 7.50. The van der Waals surface area contributed by atoms with E-state index in [1.807, 2.05) is 0 Å². The molecule has 2 aromatic rings. The molecule has 0 atom stereocenters. The van der Waals surface area contributed by atoms with Gasteiger partial charge in [0.05, 0.1) is 5.56 Å². The Morgan fingerprint density at radius 3 is 2.56 bits per heavy atom. The molecule has 5 N–H and O–H groups in total. The summed E-state index contributed by atoms with van der Waals surface area (Å²) in [6, 6.07) is 4.09. The van der Waals surface area contributed by atoms with Gasteiger partial charge in [-0.3, -0.25) is 4.79 Å². The van der Waals surface area contributed by atoms with E-state index in [9.17, 15) is 9.59 Å². The Labute approximate surface area is 89.4 Å². The highest BCUT2D eigenvalue weighted by Gasteiger charge is 2.17. The molecular weight excluding hydrogens is 212 g/mol. The minimum Gasteiger partial charge on any atom is -0.478 e. The summed E-state index contributed by atoms with van der Waals surface area (Å²) in [7, 11) is 0. The highest BCUT2D eigenvalue weighted by atomic mass is 16.4. The van der Waals surface area contributed by atoms with Crippen molar-refractivity contribution in [2.45, 2.75) is 0 Å². The van der Waals surface area contributed by atoms with E-state index in [-0.39, 0.29) is 17.0 Å². The normalized spacial score (nSPS) is 10.5. The number of anilines is 1. The van der Waals surface area contributed by atoms with E-state index >= 15 is 0 Å². The van der Waals surface area contributed by atoms with Gasteiger partial charge in [-0.1, -0.05) is 0 Å². The van der Waals surface area contributed by atoms with Crippen LogP contribution in [0.4, 0.5) is 5.88 Å². The predicted octanol–water partition coefficient (Wildman–Crippen LogP) is 0.812. The van der Waals surface area contributed by atoms with Crippen molar-refractivity contribution < 1.29 is 19.1 Å². The lowest BCUT2D eigenvalue weighted by molar-refractivity contribution is 0.0696. The molecule has 1 aromatic heterocycles. The number of benzene rings is 1. The first kappa shape index (κ1) is 10.0.